The highest BCUT2D eigenvalue weighted by Crippen LogP contribution is 2.18. The van der Waals surface area contributed by atoms with Gasteiger partial charge in [-0.25, -0.2) is 8.99 Å². The number of hydrogen-bond acceptors (Lipinski definition) is 2. The van der Waals surface area contributed by atoms with Crippen LogP contribution in [0.2, 0.25) is 0 Å². The third kappa shape index (κ3) is 1.63. The van der Waals surface area contributed by atoms with E-state index >= 15 is 0 Å². The lowest BCUT2D eigenvalue weighted by Gasteiger charge is -2.02. The first-order chi connectivity index (χ1) is 6.57. The molecular formula is C11H11NOS. The highest BCUT2D eigenvalue weighted by atomic mass is 32.2. The van der Waals surface area contributed by atoms with Gasteiger partial charge < -0.3 is 0 Å². The molecule has 1 atom stereocenters. The topological polar surface area (TPSA) is 40.9 Å². The molecule has 2 aromatic rings. The van der Waals surface area contributed by atoms with Gasteiger partial charge in [0, 0.05) is 11.2 Å². The average Bonchev–Trinajstić information content (AvgIpc) is 2.16. The van der Waals surface area contributed by atoms with E-state index in [0.717, 1.165) is 10.8 Å². The molecule has 0 amide bonds. The Kier molecular flexibility index (Phi) is 2.04. The summed E-state index contributed by atoms with van der Waals surface area (Å²) in [6.45, 7) is 0. The summed E-state index contributed by atoms with van der Waals surface area (Å²) in [6, 6.07) is 13.4. The summed E-state index contributed by atoms with van der Waals surface area (Å²) in [5, 5.41) is 2.15. The van der Waals surface area contributed by atoms with Crippen LogP contribution in [0.15, 0.2) is 47.4 Å². The molecule has 0 bridgehead atoms. The van der Waals surface area contributed by atoms with E-state index in [1.807, 2.05) is 36.4 Å². The standard InChI is InChI=1S/C11H11NOS/c1-14(12,13)11-7-6-9-4-2-3-5-10(9)8-11/h2-8,12H,1H3. The van der Waals surface area contributed by atoms with Crippen molar-refractivity contribution in [3.8, 4) is 0 Å². The molecule has 1 unspecified atom stereocenters. The lowest BCUT2D eigenvalue weighted by molar-refractivity contribution is 0.679. The van der Waals surface area contributed by atoms with Crippen LogP contribution < -0.4 is 0 Å². The van der Waals surface area contributed by atoms with E-state index in [1.165, 1.54) is 6.26 Å². The van der Waals surface area contributed by atoms with Crippen molar-refractivity contribution < 1.29 is 4.21 Å². The van der Waals surface area contributed by atoms with E-state index in [4.69, 9.17) is 4.78 Å². The summed E-state index contributed by atoms with van der Waals surface area (Å²) in [7, 11) is -2.59. The highest BCUT2D eigenvalue weighted by Gasteiger charge is 2.02. The Bertz CT molecular complexity index is 573. The van der Waals surface area contributed by atoms with Crippen LogP contribution in [0.4, 0.5) is 0 Å². The fourth-order valence-corrected chi connectivity index (χ4v) is 2.09. The summed E-state index contributed by atoms with van der Waals surface area (Å²) < 4.78 is 19.0. The van der Waals surface area contributed by atoms with E-state index in [2.05, 4.69) is 0 Å². The molecule has 1 N–H and O–H groups in total. The van der Waals surface area contributed by atoms with Gasteiger partial charge in [0.05, 0.1) is 9.73 Å². The van der Waals surface area contributed by atoms with Crippen molar-refractivity contribution in [1.29, 1.82) is 4.78 Å². The molecule has 0 aliphatic carbocycles. The first kappa shape index (κ1) is 9.21. The molecule has 14 heavy (non-hydrogen) atoms. The molecule has 0 spiro atoms. The van der Waals surface area contributed by atoms with E-state index in [0.29, 0.717) is 4.90 Å². The van der Waals surface area contributed by atoms with Crippen LogP contribution in [-0.4, -0.2) is 10.5 Å². The Morgan fingerprint density at radius 2 is 1.71 bits per heavy atom. The zero-order chi connectivity index (χ0) is 10.2. The minimum Gasteiger partial charge on any atom is -0.249 e. The van der Waals surface area contributed by atoms with Crippen LogP contribution in [0.3, 0.4) is 0 Å². The highest BCUT2D eigenvalue weighted by molar-refractivity contribution is 7.91. The molecule has 0 aliphatic rings. The van der Waals surface area contributed by atoms with Gasteiger partial charge >= 0.3 is 0 Å². The summed E-state index contributed by atoms with van der Waals surface area (Å²) in [4.78, 5) is 0.594. The first-order valence-electron chi connectivity index (χ1n) is 4.30. The third-order valence-electron chi connectivity index (χ3n) is 2.17. The number of rotatable bonds is 1. The van der Waals surface area contributed by atoms with Crippen molar-refractivity contribution >= 4 is 20.5 Å². The lowest BCUT2D eigenvalue weighted by atomic mass is 10.1. The number of benzene rings is 2. The minimum absolute atomic E-state index is 0.594. The predicted molar refractivity (Wildman–Crippen MR) is 59.0 cm³/mol. The number of fused-ring (bicyclic) bond motifs is 1. The van der Waals surface area contributed by atoms with Crippen molar-refractivity contribution in [3.63, 3.8) is 0 Å². The third-order valence-corrected chi connectivity index (χ3v) is 3.32. The Hall–Kier alpha value is -1.35. The second kappa shape index (κ2) is 3.10. The summed E-state index contributed by atoms with van der Waals surface area (Å²) >= 11 is 0. The van der Waals surface area contributed by atoms with Gasteiger partial charge in [-0.05, 0) is 22.9 Å². The van der Waals surface area contributed by atoms with Crippen molar-refractivity contribution in [2.75, 3.05) is 6.26 Å². The quantitative estimate of drug-likeness (QED) is 0.764. The second-order valence-electron chi connectivity index (χ2n) is 3.35. The van der Waals surface area contributed by atoms with E-state index in [9.17, 15) is 4.21 Å². The van der Waals surface area contributed by atoms with Crippen LogP contribution in [0.25, 0.3) is 10.8 Å². The van der Waals surface area contributed by atoms with Crippen LogP contribution >= 0.6 is 0 Å². The summed E-state index contributed by atoms with van der Waals surface area (Å²) in [6.07, 6.45) is 1.44. The average molecular weight is 205 g/mol. The lowest BCUT2D eigenvalue weighted by Crippen LogP contribution is -1.93. The molecule has 3 heteroatoms. The molecule has 0 aliphatic heterocycles. The van der Waals surface area contributed by atoms with Crippen LogP contribution in [0.5, 0.6) is 0 Å². The monoisotopic (exact) mass is 205 g/mol. The van der Waals surface area contributed by atoms with Gasteiger partial charge in [-0.2, -0.15) is 0 Å². The van der Waals surface area contributed by atoms with Crippen molar-refractivity contribution in [2.24, 2.45) is 0 Å². The number of nitrogens with one attached hydrogen (secondary N) is 1. The summed E-state index contributed by atoms with van der Waals surface area (Å²) in [5.74, 6) is 0. The molecular weight excluding hydrogens is 194 g/mol. The molecule has 2 nitrogen and oxygen atoms in total. The van der Waals surface area contributed by atoms with Gasteiger partial charge in [0.2, 0.25) is 0 Å². The minimum atomic E-state index is -2.59. The van der Waals surface area contributed by atoms with E-state index in [1.54, 1.807) is 6.07 Å². The molecule has 0 heterocycles. The molecule has 0 aromatic heterocycles. The van der Waals surface area contributed by atoms with Gasteiger partial charge in [0.1, 0.15) is 0 Å². The molecule has 2 aromatic carbocycles. The Labute approximate surface area is 83.5 Å². The second-order valence-corrected chi connectivity index (χ2v) is 5.51. The van der Waals surface area contributed by atoms with Crippen molar-refractivity contribution in [1.82, 2.24) is 0 Å². The van der Waals surface area contributed by atoms with E-state index in [-0.39, 0.29) is 0 Å². The maximum atomic E-state index is 11.5. The maximum Gasteiger partial charge on any atom is 0.0697 e. The smallest absolute Gasteiger partial charge is 0.0697 e. The van der Waals surface area contributed by atoms with Crippen LogP contribution in [-0.2, 0) is 9.73 Å². The predicted octanol–water partition coefficient (Wildman–Crippen LogP) is 2.88. The molecule has 2 rings (SSSR count). The maximum absolute atomic E-state index is 11.5. The molecule has 0 fully saturated rings. The Morgan fingerprint density at radius 3 is 2.36 bits per heavy atom. The van der Waals surface area contributed by atoms with E-state index < -0.39 is 9.73 Å². The van der Waals surface area contributed by atoms with Gasteiger partial charge in [0.15, 0.2) is 0 Å². The van der Waals surface area contributed by atoms with Gasteiger partial charge in [-0.15, -0.1) is 0 Å². The molecule has 0 saturated carbocycles. The largest absolute Gasteiger partial charge is 0.249 e. The SMILES string of the molecule is CS(=N)(=O)c1ccc2ccccc2c1. The van der Waals surface area contributed by atoms with Crippen molar-refractivity contribution in [2.45, 2.75) is 4.90 Å². The summed E-state index contributed by atoms with van der Waals surface area (Å²) in [5.41, 5.74) is 0. The van der Waals surface area contributed by atoms with Gasteiger partial charge in [0.25, 0.3) is 0 Å². The zero-order valence-corrected chi connectivity index (χ0v) is 8.67. The Balaban J connectivity index is 2.75. The van der Waals surface area contributed by atoms with Crippen LogP contribution in [0.1, 0.15) is 0 Å². The fraction of sp³-hybridized carbons (Fsp3) is 0.0909. The first-order valence-corrected chi connectivity index (χ1v) is 6.26. The molecule has 72 valence electrons. The number of hydrogen-bond donors (Lipinski definition) is 1. The zero-order valence-electron chi connectivity index (χ0n) is 7.86. The van der Waals surface area contributed by atoms with Gasteiger partial charge in [-0.3, -0.25) is 0 Å². The normalized spacial score (nSPS) is 15.2. The van der Waals surface area contributed by atoms with Crippen molar-refractivity contribution in [3.05, 3.63) is 42.5 Å². The van der Waals surface area contributed by atoms with Gasteiger partial charge in [-0.1, -0.05) is 30.3 Å². The fourth-order valence-electron chi connectivity index (χ4n) is 1.41. The van der Waals surface area contributed by atoms with Crippen LogP contribution in [0, 0.1) is 4.78 Å². The molecule has 0 radical (unpaired) electrons. The molecule has 0 saturated heterocycles. The Morgan fingerprint density at radius 1 is 1.07 bits per heavy atom.